The molecule has 0 saturated carbocycles. The lowest BCUT2D eigenvalue weighted by molar-refractivity contribution is -0.127. The van der Waals surface area contributed by atoms with Gasteiger partial charge in [-0.2, -0.15) is 0 Å². The van der Waals surface area contributed by atoms with Crippen LogP contribution in [0.15, 0.2) is 9.98 Å². The average Bonchev–Trinajstić information content (AvgIpc) is 2.89. The Labute approximate surface area is 269 Å². The topological polar surface area (TPSA) is 197 Å². The maximum Gasteiger partial charge on any atom is 0.185 e. The fourth-order valence-corrected chi connectivity index (χ4v) is 5.18. The Morgan fingerprint density at radius 2 is 0.977 bits per heavy atom. The summed E-state index contributed by atoms with van der Waals surface area (Å²) < 4.78 is 0. The SMILES string of the molecule is C.CC(C)CC(C(=O)CC(C=O)CCCN=C(N)N)C(C)C.CC(C)CC(CC(C)C)C(=O)CC(C=O)CCCN=C(N)N. The lowest BCUT2D eigenvalue weighted by Crippen LogP contribution is -2.25. The number of aliphatic imine (C=N–C) groups is 2. The van der Waals surface area contributed by atoms with Crippen molar-refractivity contribution < 1.29 is 19.2 Å². The molecule has 3 atom stereocenters. The highest BCUT2D eigenvalue weighted by molar-refractivity contribution is 5.84. The van der Waals surface area contributed by atoms with Crippen LogP contribution in [-0.4, -0.2) is 49.1 Å². The van der Waals surface area contributed by atoms with Crippen LogP contribution >= 0.6 is 0 Å². The second kappa shape index (κ2) is 26.6. The molecule has 0 aromatic heterocycles. The van der Waals surface area contributed by atoms with Crippen LogP contribution in [0.5, 0.6) is 0 Å². The molecule has 0 bridgehead atoms. The number of guanidine groups is 2. The Hall–Kier alpha value is -2.78. The predicted octanol–water partition coefficient (Wildman–Crippen LogP) is 5.29. The average molecular weight is 625 g/mol. The number of hydrogen-bond acceptors (Lipinski definition) is 6. The summed E-state index contributed by atoms with van der Waals surface area (Å²) in [5.74, 6) is 2.01. The van der Waals surface area contributed by atoms with Gasteiger partial charge in [-0.25, -0.2) is 0 Å². The summed E-state index contributed by atoms with van der Waals surface area (Å²) in [6.45, 7) is 17.9. The van der Waals surface area contributed by atoms with Crippen molar-refractivity contribution in [2.45, 2.75) is 121 Å². The number of ketones is 2. The Kier molecular flexibility index (Phi) is 27.6. The van der Waals surface area contributed by atoms with Gasteiger partial charge < -0.3 is 32.5 Å². The summed E-state index contributed by atoms with van der Waals surface area (Å²) in [6, 6.07) is 0. The van der Waals surface area contributed by atoms with Crippen LogP contribution in [0.25, 0.3) is 0 Å². The molecule has 258 valence electrons. The maximum atomic E-state index is 12.5. The molecule has 0 heterocycles. The first kappa shape index (κ1) is 45.6. The smallest absolute Gasteiger partial charge is 0.185 e. The zero-order valence-corrected chi connectivity index (χ0v) is 28.4. The molecular weight excluding hydrogens is 556 g/mol. The van der Waals surface area contributed by atoms with E-state index in [0.29, 0.717) is 75.3 Å². The van der Waals surface area contributed by atoms with E-state index in [2.05, 4.69) is 65.4 Å². The largest absolute Gasteiger partial charge is 0.370 e. The van der Waals surface area contributed by atoms with Gasteiger partial charge >= 0.3 is 0 Å². The number of carbonyl (C=O) groups is 4. The van der Waals surface area contributed by atoms with Gasteiger partial charge in [-0.1, -0.05) is 62.8 Å². The van der Waals surface area contributed by atoms with Crippen molar-refractivity contribution in [3.05, 3.63) is 0 Å². The number of carbonyl (C=O) groups excluding carboxylic acids is 4. The predicted molar refractivity (Wildman–Crippen MR) is 185 cm³/mol. The summed E-state index contributed by atoms with van der Waals surface area (Å²) >= 11 is 0. The summed E-state index contributed by atoms with van der Waals surface area (Å²) in [7, 11) is 0. The van der Waals surface area contributed by atoms with E-state index in [-0.39, 0.29) is 54.6 Å². The zero-order chi connectivity index (χ0) is 33.5. The molecular formula is C34H68N6O4. The molecule has 0 rings (SSSR count). The van der Waals surface area contributed by atoms with Crippen LogP contribution in [0, 0.1) is 47.3 Å². The molecule has 0 aliphatic rings. The van der Waals surface area contributed by atoms with Crippen molar-refractivity contribution in [1.82, 2.24) is 0 Å². The highest BCUT2D eigenvalue weighted by Gasteiger charge is 2.26. The van der Waals surface area contributed by atoms with Crippen LogP contribution in [0.3, 0.4) is 0 Å². The molecule has 8 N–H and O–H groups in total. The molecule has 0 aromatic carbocycles. The molecule has 0 aliphatic heterocycles. The number of aldehydes is 2. The zero-order valence-electron chi connectivity index (χ0n) is 28.4. The van der Waals surface area contributed by atoms with Gasteiger partial charge in [0.2, 0.25) is 0 Å². The van der Waals surface area contributed by atoms with E-state index < -0.39 is 0 Å². The normalized spacial score (nSPS) is 13.0. The molecule has 0 fully saturated rings. The van der Waals surface area contributed by atoms with Gasteiger partial charge in [-0.15, -0.1) is 0 Å². The van der Waals surface area contributed by atoms with Gasteiger partial charge in [0.05, 0.1) is 0 Å². The van der Waals surface area contributed by atoms with Crippen LogP contribution in [-0.2, 0) is 19.2 Å². The molecule has 0 spiro atoms. The third-order valence-corrected chi connectivity index (χ3v) is 7.28. The molecule has 0 aromatic rings. The quantitative estimate of drug-likeness (QED) is 0.0508. The van der Waals surface area contributed by atoms with Crippen molar-refractivity contribution in [2.24, 2.45) is 80.3 Å². The molecule has 0 amide bonds. The fraction of sp³-hybridized carbons (Fsp3) is 0.824. The third kappa shape index (κ3) is 25.7. The molecule has 44 heavy (non-hydrogen) atoms. The van der Waals surface area contributed by atoms with Crippen molar-refractivity contribution in [1.29, 1.82) is 0 Å². The Morgan fingerprint density at radius 3 is 1.27 bits per heavy atom. The van der Waals surface area contributed by atoms with Crippen molar-refractivity contribution in [2.75, 3.05) is 13.1 Å². The van der Waals surface area contributed by atoms with E-state index in [9.17, 15) is 19.2 Å². The van der Waals surface area contributed by atoms with E-state index >= 15 is 0 Å². The van der Waals surface area contributed by atoms with E-state index in [1.54, 1.807) is 0 Å². The van der Waals surface area contributed by atoms with Gasteiger partial charge in [0.1, 0.15) is 24.1 Å². The van der Waals surface area contributed by atoms with E-state index in [1.165, 1.54) is 0 Å². The van der Waals surface area contributed by atoms with Gasteiger partial charge in [0.25, 0.3) is 0 Å². The van der Waals surface area contributed by atoms with Crippen molar-refractivity contribution in [3.63, 3.8) is 0 Å². The minimum atomic E-state index is -0.222. The minimum absolute atomic E-state index is 0. The lowest BCUT2D eigenvalue weighted by atomic mass is 9.81. The van der Waals surface area contributed by atoms with E-state index in [4.69, 9.17) is 22.9 Å². The summed E-state index contributed by atoms with van der Waals surface area (Å²) in [5, 5.41) is 0. The van der Waals surface area contributed by atoms with Gasteiger partial charge in [-0.05, 0) is 68.6 Å². The Balaban J connectivity index is -0.000000748. The second-order valence-corrected chi connectivity index (χ2v) is 13.5. The fourth-order valence-electron chi connectivity index (χ4n) is 5.18. The Morgan fingerprint density at radius 1 is 0.614 bits per heavy atom. The minimum Gasteiger partial charge on any atom is -0.370 e. The van der Waals surface area contributed by atoms with Crippen LogP contribution < -0.4 is 22.9 Å². The first-order chi connectivity index (χ1) is 20.0. The molecule has 0 aliphatic carbocycles. The molecule has 10 nitrogen and oxygen atoms in total. The maximum absolute atomic E-state index is 12.5. The highest BCUT2D eigenvalue weighted by atomic mass is 16.1. The van der Waals surface area contributed by atoms with Crippen LogP contribution in [0.2, 0.25) is 0 Å². The molecule has 3 unspecified atom stereocenters. The molecule has 0 radical (unpaired) electrons. The number of nitrogens with two attached hydrogens (primary N) is 4. The summed E-state index contributed by atoms with van der Waals surface area (Å²) in [5.41, 5.74) is 21.0. The standard InChI is InChI=1S/C17H33N3O2.C16H31N3O2.CH4/c1-12(2)8-15(9-13(3)4)16(22)10-14(11-21)6-5-7-20-17(18)19;1-11(2)8-14(12(3)4)15(21)9-13(10-20)6-5-7-19-16(17)18;/h11-15H,5-10H2,1-4H3,(H4,18,19,20);10-14H,5-9H2,1-4H3,(H4,17,18,19);1H4. The molecule has 10 heteroatoms. The highest BCUT2D eigenvalue weighted by Crippen LogP contribution is 2.26. The van der Waals surface area contributed by atoms with Crippen molar-refractivity contribution >= 4 is 36.1 Å². The number of rotatable bonds is 23. The summed E-state index contributed by atoms with van der Waals surface area (Å²) in [4.78, 5) is 55.0. The monoisotopic (exact) mass is 625 g/mol. The van der Waals surface area contributed by atoms with Crippen molar-refractivity contribution in [3.8, 4) is 0 Å². The summed E-state index contributed by atoms with van der Waals surface area (Å²) in [6.07, 6.45) is 7.88. The second-order valence-electron chi connectivity index (χ2n) is 13.5. The first-order valence-electron chi connectivity index (χ1n) is 16.1. The third-order valence-electron chi connectivity index (χ3n) is 7.28. The van der Waals surface area contributed by atoms with E-state index in [1.807, 2.05) is 0 Å². The van der Waals surface area contributed by atoms with Gasteiger partial charge in [-0.3, -0.25) is 19.6 Å². The Bertz CT molecular complexity index is 837. The molecule has 0 saturated heterocycles. The first-order valence-corrected chi connectivity index (χ1v) is 16.1. The van der Waals surface area contributed by atoms with Gasteiger partial charge in [0, 0.05) is 49.6 Å². The van der Waals surface area contributed by atoms with Crippen LogP contribution in [0.4, 0.5) is 0 Å². The van der Waals surface area contributed by atoms with Crippen LogP contribution in [0.1, 0.15) is 121 Å². The van der Waals surface area contributed by atoms with E-state index in [0.717, 1.165) is 31.8 Å². The number of Topliss-reactive ketones (excluding diaryl/α,β-unsaturated/α-hetero) is 2. The number of nitrogens with zero attached hydrogens (tertiary/aromatic N) is 2. The number of hydrogen-bond donors (Lipinski definition) is 4. The van der Waals surface area contributed by atoms with Gasteiger partial charge in [0.15, 0.2) is 11.9 Å². The lowest BCUT2D eigenvalue weighted by Gasteiger charge is -2.22.